The van der Waals surface area contributed by atoms with E-state index in [9.17, 15) is 14.4 Å². The molecular formula is C24H27N5O4S. The first-order valence-electron chi connectivity index (χ1n) is 10.6. The summed E-state index contributed by atoms with van der Waals surface area (Å²) >= 11 is 1.27. The lowest BCUT2D eigenvalue weighted by molar-refractivity contribution is -0.145. The smallest absolute Gasteiger partial charge is 0.310 e. The van der Waals surface area contributed by atoms with Crippen molar-refractivity contribution in [2.45, 2.75) is 18.6 Å². The lowest BCUT2D eigenvalue weighted by Crippen LogP contribution is -2.37. The van der Waals surface area contributed by atoms with Crippen LogP contribution < -0.4 is 5.32 Å². The fourth-order valence-corrected chi connectivity index (χ4v) is 3.96. The van der Waals surface area contributed by atoms with Gasteiger partial charge in [0.1, 0.15) is 6.33 Å². The Morgan fingerprint density at radius 1 is 1.15 bits per heavy atom. The van der Waals surface area contributed by atoms with Crippen molar-refractivity contribution >= 4 is 35.2 Å². The minimum atomic E-state index is -0.488. The molecule has 0 aliphatic heterocycles. The summed E-state index contributed by atoms with van der Waals surface area (Å²) in [7, 11) is 3.13. The molecule has 178 valence electrons. The van der Waals surface area contributed by atoms with Crippen LogP contribution in [0.3, 0.4) is 0 Å². The molecule has 0 spiro atoms. The zero-order valence-electron chi connectivity index (χ0n) is 19.3. The maximum atomic E-state index is 13.4. The summed E-state index contributed by atoms with van der Waals surface area (Å²) in [4.78, 5) is 39.4. The van der Waals surface area contributed by atoms with Crippen LogP contribution in [0.1, 0.15) is 22.8 Å². The first kappa shape index (κ1) is 25.0. The summed E-state index contributed by atoms with van der Waals surface area (Å²) in [5.41, 5.74) is 1.86. The lowest BCUT2D eigenvalue weighted by atomic mass is 10.1. The number of nitrogens with zero attached hydrogens (tertiary/aromatic N) is 4. The molecule has 0 saturated heterocycles. The number of amides is 2. The predicted octanol–water partition coefficient (Wildman–Crippen LogP) is 3.00. The fourth-order valence-electron chi connectivity index (χ4n) is 3.27. The molecule has 0 bridgehead atoms. The van der Waals surface area contributed by atoms with Gasteiger partial charge in [-0.05, 0) is 23.8 Å². The van der Waals surface area contributed by atoms with Crippen molar-refractivity contribution < 1.29 is 19.1 Å². The molecule has 2 amide bonds. The van der Waals surface area contributed by atoms with Gasteiger partial charge in [-0.2, -0.15) is 0 Å². The van der Waals surface area contributed by atoms with Crippen LogP contribution in [0.5, 0.6) is 0 Å². The SMILES string of the molecule is COC(=O)C(C)CN(Cc1ccccc1)C(=O)c1cccc(NC(=O)CSc2nncn2C)c1. The number of hydrogen-bond acceptors (Lipinski definition) is 7. The highest BCUT2D eigenvalue weighted by Gasteiger charge is 2.23. The van der Waals surface area contributed by atoms with Crippen molar-refractivity contribution in [2.24, 2.45) is 13.0 Å². The number of thioether (sulfide) groups is 1. The Hall–Kier alpha value is -3.66. The quantitative estimate of drug-likeness (QED) is 0.350. The van der Waals surface area contributed by atoms with E-state index in [2.05, 4.69) is 15.5 Å². The van der Waals surface area contributed by atoms with Crippen LogP contribution in [-0.4, -0.2) is 56.9 Å². The van der Waals surface area contributed by atoms with Crippen molar-refractivity contribution in [3.05, 3.63) is 72.1 Å². The van der Waals surface area contributed by atoms with Crippen LogP contribution in [0, 0.1) is 5.92 Å². The average molecular weight is 482 g/mol. The molecule has 1 unspecified atom stereocenters. The van der Waals surface area contributed by atoms with E-state index in [1.54, 1.807) is 54.0 Å². The van der Waals surface area contributed by atoms with Crippen molar-refractivity contribution in [3.63, 3.8) is 0 Å². The number of methoxy groups -OCH3 is 1. The molecule has 9 nitrogen and oxygen atoms in total. The largest absolute Gasteiger partial charge is 0.469 e. The second-order valence-electron chi connectivity index (χ2n) is 7.74. The van der Waals surface area contributed by atoms with Gasteiger partial charge < -0.3 is 19.5 Å². The summed E-state index contributed by atoms with van der Waals surface area (Å²) in [6.45, 7) is 2.26. The highest BCUT2D eigenvalue weighted by molar-refractivity contribution is 7.99. The van der Waals surface area contributed by atoms with E-state index in [0.717, 1.165) is 5.56 Å². The van der Waals surface area contributed by atoms with Gasteiger partial charge in [0.15, 0.2) is 5.16 Å². The average Bonchev–Trinajstić information content (AvgIpc) is 3.26. The van der Waals surface area contributed by atoms with Crippen molar-refractivity contribution in [1.29, 1.82) is 0 Å². The molecule has 10 heteroatoms. The summed E-state index contributed by atoms with van der Waals surface area (Å²) in [5.74, 6) is -1.19. The van der Waals surface area contributed by atoms with E-state index in [1.165, 1.54) is 18.9 Å². The van der Waals surface area contributed by atoms with Gasteiger partial charge in [-0.15, -0.1) is 10.2 Å². The second-order valence-corrected chi connectivity index (χ2v) is 8.68. The second kappa shape index (κ2) is 12.0. The number of hydrogen-bond donors (Lipinski definition) is 1. The minimum absolute atomic E-state index is 0.154. The summed E-state index contributed by atoms with van der Waals surface area (Å²) < 4.78 is 6.56. The molecule has 1 atom stereocenters. The third kappa shape index (κ3) is 6.92. The lowest BCUT2D eigenvalue weighted by Gasteiger charge is -2.25. The molecule has 3 rings (SSSR count). The van der Waals surface area contributed by atoms with Gasteiger partial charge in [-0.1, -0.05) is 55.1 Å². The molecule has 0 fully saturated rings. The Labute approximate surface area is 202 Å². The van der Waals surface area contributed by atoms with Crippen LogP contribution in [0.25, 0.3) is 0 Å². The van der Waals surface area contributed by atoms with Gasteiger partial charge >= 0.3 is 5.97 Å². The monoisotopic (exact) mass is 481 g/mol. The Balaban J connectivity index is 1.71. The predicted molar refractivity (Wildman–Crippen MR) is 129 cm³/mol. The van der Waals surface area contributed by atoms with Gasteiger partial charge in [0.2, 0.25) is 5.91 Å². The standard InChI is InChI=1S/C24H27N5O4S/c1-17(23(32)33-3)13-29(14-18-8-5-4-6-9-18)22(31)19-10-7-11-20(12-19)26-21(30)15-34-24-27-25-16-28(24)2/h4-12,16-17H,13-15H2,1-3H3,(H,26,30). The van der Waals surface area contributed by atoms with Crippen LogP contribution in [0.2, 0.25) is 0 Å². The van der Waals surface area contributed by atoms with E-state index in [1.807, 2.05) is 30.3 Å². The Morgan fingerprint density at radius 2 is 1.91 bits per heavy atom. The van der Waals surface area contributed by atoms with Crippen molar-refractivity contribution in [3.8, 4) is 0 Å². The molecular weight excluding hydrogens is 454 g/mol. The highest BCUT2D eigenvalue weighted by atomic mass is 32.2. The molecule has 1 aromatic heterocycles. The molecule has 1 heterocycles. The van der Waals surface area contributed by atoms with Crippen LogP contribution in [0.4, 0.5) is 5.69 Å². The highest BCUT2D eigenvalue weighted by Crippen LogP contribution is 2.18. The van der Waals surface area contributed by atoms with E-state index in [4.69, 9.17) is 4.74 Å². The van der Waals surface area contributed by atoms with Crippen LogP contribution in [0.15, 0.2) is 66.1 Å². The van der Waals surface area contributed by atoms with E-state index in [0.29, 0.717) is 23.0 Å². The zero-order valence-corrected chi connectivity index (χ0v) is 20.1. The van der Waals surface area contributed by atoms with Gasteiger partial charge in [0, 0.05) is 31.4 Å². The fraction of sp³-hybridized carbons (Fsp3) is 0.292. The summed E-state index contributed by atoms with van der Waals surface area (Å²) in [6.07, 6.45) is 1.57. The van der Waals surface area contributed by atoms with Crippen LogP contribution in [-0.2, 0) is 27.9 Å². The molecule has 0 aliphatic carbocycles. The molecule has 1 N–H and O–H groups in total. The van der Waals surface area contributed by atoms with Crippen LogP contribution >= 0.6 is 11.8 Å². The summed E-state index contributed by atoms with van der Waals surface area (Å²) in [5, 5.41) is 11.2. The molecule has 3 aromatic rings. The minimum Gasteiger partial charge on any atom is -0.469 e. The third-order valence-electron chi connectivity index (χ3n) is 5.00. The molecule has 0 radical (unpaired) electrons. The summed E-state index contributed by atoms with van der Waals surface area (Å²) in [6, 6.07) is 16.3. The molecule has 2 aromatic carbocycles. The van der Waals surface area contributed by atoms with Gasteiger partial charge in [0.05, 0.1) is 18.8 Å². The van der Waals surface area contributed by atoms with E-state index in [-0.39, 0.29) is 30.1 Å². The number of aryl methyl sites for hydroxylation is 1. The molecule has 34 heavy (non-hydrogen) atoms. The first-order valence-corrected chi connectivity index (χ1v) is 11.6. The molecule has 0 saturated carbocycles. The number of nitrogens with one attached hydrogen (secondary N) is 1. The number of esters is 1. The normalized spacial score (nSPS) is 11.5. The van der Waals surface area contributed by atoms with E-state index < -0.39 is 5.92 Å². The van der Waals surface area contributed by atoms with E-state index >= 15 is 0 Å². The number of aromatic nitrogens is 3. The zero-order chi connectivity index (χ0) is 24.5. The topological polar surface area (TPSA) is 106 Å². The number of benzene rings is 2. The Bertz CT molecular complexity index is 1140. The molecule has 0 aliphatic rings. The van der Waals surface area contributed by atoms with Gasteiger partial charge in [-0.25, -0.2) is 0 Å². The third-order valence-corrected chi connectivity index (χ3v) is 6.03. The Morgan fingerprint density at radius 3 is 2.59 bits per heavy atom. The first-order chi connectivity index (χ1) is 16.4. The van der Waals surface area contributed by atoms with Crippen molar-refractivity contribution in [1.82, 2.24) is 19.7 Å². The number of ether oxygens (including phenoxy) is 1. The number of rotatable bonds is 10. The Kier molecular flexibility index (Phi) is 8.80. The number of anilines is 1. The number of carbonyl (C=O) groups excluding carboxylic acids is 3. The van der Waals surface area contributed by atoms with Crippen molar-refractivity contribution in [2.75, 3.05) is 24.7 Å². The maximum absolute atomic E-state index is 13.4. The van der Waals surface area contributed by atoms with Gasteiger partial charge in [-0.3, -0.25) is 14.4 Å². The van der Waals surface area contributed by atoms with Gasteiger partial charge in [0.25, 0.3) is 5.91 Å². The maximum Gasteiger partial charge on any atom is 0.310 e. The number of carbonyl (C=O) groups is 3.